The number of carbonyl (C=O) groups is 3. The van der Waals surface area contributed by atoms with Gasteiger partial charge in [0, 0.05) is 18.9 Å². The Hall–Kier alpha value is -3.23. The van der Waals surface area contributed by atoms with Crippen molar-refractivity contribution in [1.82, 2.24) is 0 Å². The molecule has 8 nitrogen and oxygen atoms in total. The third-order valence-electron chi connectivity index (χ3n) is 5.68. The van der Waals surface area contributed by atoms with Crippen LogP contribution in [0.2, 0.25) is 0 Å². The van der Waals surface area contributed by atoms with E-state index < -0.39 is 41.4 Å². The number of fused-ring (bicyclic) bond motifs is 3. The number of hydrogen-bond acceptors (Lipinski definition) is 7. The lowest BCUT2D eigenvalue weighted by atomic mass is 9.87. The minimum Gasteiger partial charge on any atom is -0.479 e. The third kappa shape index (κ3) is 5.07. The summed E-state index contributed by atoms with van der Waals surface area (Å²) >= 11 is 0. The summed E-state index contributed by atoms with van der Waals surface area (Å²) in [6, 6.07) is 15.6. The first kappa shape index (κ1) is 24.4. The van der Waals surface area contributed by atoms with Gasteiger partial charge in [-0.15, -0.1) is 0 Å². The highest BCUT2D eigenvalue weighted by atomic mass is 16.6. The van der Waals surface area contributed by atoms with Gasteiger partial charge < -0.3 is 26.0 Å². The molecule has 0 saturated heterocycles. The molecule has 1 aliphatic carbocycles. The highest BCUT2D eigenvalue weighted by Gasteiger charge is 2.48. The summed E-state index contributed by atoms with van der Waals surface area (Å²) in [6.45, 7) is 4.72. The average molecular weight is 455 g/mol. The first-order valence-electron chi connectivity index (χ1n) is 10.8. The standard InChI is InChI=1S/C25H30N2O6/c1-24(2,3)33-21(28)15(13-26)12-25(27,22(29)30)23(31)32-14-20-18-10-6-4-8-16(18)17-9-5-7-11-19(17)20/h4-11,15,20H,12-14,26-27H2,1-3H3,(H,29,30)/t15?,25-/m0/s1. The van der Waals surface area contributed by atoms with Crippen LogP contribution in [-0.4, -0.2) is 47.3 Å². The summed E-state index contributed by atoms with van der Waals surface area (Å²) in [4.78, 5) is 37.4. The van der Waals surface area contributed by atoms with Gasteiger partial charge in [-0.2, -0.15) is 0 Å². The van der Waals surface area contributed by atoms with Gasteiger partial charge in [0.15, 0.2) is 0 Å². The number of ether oxygens (including phenoxy) is 2. The van der Waals surface area contributed by atoms with Crippen LogP contribution in [0.4, 0.5) is 0 Å². The molecule has 8 heteroatoms. The number of hydrogen-bond donors (Lipinski definition) is 3. The van der Waals surface area contributed by atoms with Crippen molar-refractivity contribution in [2.24, 2.45) is 17.4 Å². The number of carbonyl (C=O) groups excluding carboxylic acids is 2. The molecule has 0 aliphatic heterocycles. The molecule has 0 radical (unpaired) electrons. The Morgan fingerprint density at radius 3 is 1.97 bits per heavy atom. The fraction of sp³-hybridized carbons (Fsp3) is 0.400. The normalized spacial score (nSPS) is 15.7. The van der Waals surface area contributed by atoms with Gasteiger partial charge in [-0.05, 0) is 43.0 Å². The molecule has 176 valence electrons. The molecule has 0 fully saturated rings. The van der Waals surface area contributed by atoms with E-state index in [4.69, 9.17) is 20.9 Å². The van der Waals surface area contributed by atoms with Gasteiger partial charge in [0.25, 0.3) is 0 Å². The Morgan fingerprint density at radius 1 is 1.00 bits per heavy atom. The molecule has 0 amide bonds. The number of esters is 2. The van der Waals surface area contributed by atoms with Crippen molar-refractivity contribution in [2.45, 2.75) is 44.2 Å². The third-order valence-corrected chi connectivity index (χ3v) is 5.68. The number of nitrogens with two attached hydrogens (primary N) is 2. The zero-order valence-corrected chi connectivity index (χ0v) is 19.0. The van der Waals surface area contributed by atoms with Gasteiger partial charge in [0.05, 0.1) is 5.92 Å². The van der Waals surface area contributed by atoms with Crippen LogP contribution in [0.25, 0.3) is 11.1 Å². The summed E-state index contributed by atoms with van der Waals surface area (Å²) in [5.74, 6) is -4.77. The maximum atomic E-state index is 12.9. The number of carboxylic acids is 1. The quantitative estimate of drug-likeness (QED) is 0.408. The van der Waals surface area contributed by atoms with Gasteiger partial charge >= 0.3 is 17.9 Å². The van der Waals surface area contributed by atoms with Crippen LogP contribution in [0.1, 0.15) is 44.2 Å². The molecule has 1 aliphatic rings. The van der Waals surface area contributed by atoms with E-state index >= 15 is 0 Å². The molecule has 0 aromatic heterocycles. The topological polar surface area (TPSA) is 142 Å². The molecule has 5 N–H and O–H groups in total. The van der Waals surface area contributed by atoms with E-state index in [-0.39, 0.29) is 19.1 Å². The maximum Gasteiger partial charge on any atom is 0.337 e. The van der Waals surface area contributed by atoms with Gasteiger partial charge in [-0.25, -0.2) is 9.59 Å². The van der Waals surface area contributed by atoms with Gasteiger partial charge in [0.2, 0.25) is 5.54 Å². The highest BCUT2D eigenvalue weighted by Crippen LogP contribution is 2.44. The molecule has 33 heavy (non-hydrogen) atoms. The Labute approximate surface area is 192 Å². The van der Waals surface area contributed by atoms with Crippen LogP contribution >= 0.6 is 0 Å². The molecule has 2 aromatic rings. The molecule has 1 unspecified atom stereocenters. The Kier molecular flexibility index (Phi) is 6.90. The van der Waals surface area contributed by atoms with Crippen molar-refractivity contribution in [3.8, 4) is 11.1 Å². The smallest absolute Gasteiger partial charge is 0.337 e. The Morgan fingerprint density at radius 2 is 1.52 bits per heavy atom. The van der Waals surface area contributed by atoms with E-state index in [0.29, 0.717) is 0 Å². The molecular formula is C25H30N2O6. The molecule has 2 aromatic carbocycles. The van der Waals surface area contributed by atoms with Crippen LogP contribution in [0.15, 0.2) is 48.5 Å². The highest BCUT2D eigenvalue weighted by molar-refractivity contribution is 6.04. The number of carboxylic acid groups (broad SMARTS) is 1. The van der Waals surface area contributed by atoms with E-state index in [1.165, 1.54) is 0 Å². The van der Waals surface area contributed by atoms with Crippen molar-refractivity contribution >= 4 is 17.9 Å². The van der Waals surface area contributed by atoms with E-state index in [0.717, 1.165) is 22.3 Å². The Bertz CT molecular complexity index is 1020. The van der Waals surface area contributed by atoms with Crippen LogP contribution in [0.3, 0.4) is 0 Å². The van der Waals surface area contributed by atoms with Gasteiger partial charge in [0.1, 0.15) is 12.2 Å². The molecule has 0 bridgehead atoms. The minimum atomic E-state index is -2.45. The van der Waals surface area contributed by atoms with E-state index in [9.17, 15) is 19.5 Å². The van der Waals surface area contributed by atoms with Crippen molar-refractivity contribution in [1.29, 1.82) is 0 Å². The van der Waals surface area contributed by atoms with Gasteiger partial charge in [-0.1, -0.05) is 48.5 Å². The molecular weight excluding hydrogens is 424 g/mol. The van der Waals surface area contributed by atoms with Gasteiger partial charge in [-0.3, -0.25) is 4.79 Å². The first-order chi connectivity index (χ1) is 15.5. The fourth-order valence-electron chi connectivity index (χ4n) is 4.02. The average Bonchev–Trinajstić information content (AvgIpc) is 3.08. The maximum absolute atomic E-state index is 12.9. The van der Waals surface area contributed by atoms with Crippen molar-refractivity contribution < 1.29 is 29.0 Å². The number of aliphatic carboxylic acids is 1. The largest absolute Gasteiger partial charge is 0.479 e. The van der Waals surface area contributed by atoms with Crippen molar-refractivity contribution in [3.63, 3.8) is 0 Å². The fourth-order valence-corrected chi connectivity index (χ4v) is 4.02. The lowest BCUT2D eigenvalue weighted by Gasteiger charge is -2.29. The predicted molar refractivity (Wildman–Crippen MR) is 122 cm³/mol. The zero-order valence-electron chi connectivity index (χ0n) is 19.0. The van der Waals surface area contributed by atoms with Crippen LogP contribution in [0.5, 0.6) is 0 Å². The summed E-state index contributed by atoms with van der Waals surface area (Å²) in [7, 11) is 0. The second-order valence-electron chi connectivity index (χ2n) is 9.27. The monoisotopic (exact) mass is 454 g/mol. The van der Waals surface area contributed by atoms with E-state index in [1.54, 1.807) is 20.8 Å². The first-order valence-corrected chi connectivity index (χ1v) is 10.8. The van der Waals surface area contributed by atoms with Crippen LogP contribution in [-0.2, 0) is 23.9 Å². The lowest BCUT2D eigenvalue weighted by Crippen LogP contribution is -2.58. The summed E-state index contributed by atoms with van der Waals surface area (Å²) in [6.07, 6.45) is -0.537. The minimum absolute atomic E-state index is 0.0845. The summed E-state index contributed by atoms with van der Waals surface area (Å²) in [5, 5.41) is 9.75. The lowest BCUT2D eigenvalue weighted by molar-refractivity contribution is -0.165. The SMILES string of the molecule is CC(C)(C)OC(=O)C(CN)C[C@](N)(C(=O)O)C(=O)OCC1c2ccccc2-c2ccccc21. The van der Waals surface area contributed by atoms with Crippen molar-refractivity contribution in [2.75, 3.05) is 13.2 Å². The molecule has 3 rings (SSSR count). The van der Waals surface area contributed by atoms with E-state index in [2.05, 4.69) is 0 Å². The predicted octanol–water partition coefficient (Wildman–Crippen LogP) is 2.43. The Balaban J connectivity index is 1.78. The molecule has 0 saturated carbocycles. The number of rotatable bonds is 8. The van der Waals surface area contributed by atoms with Crippen molar-refractivity contribution in [3.05, 3.63) is 59.7 Å². The molecule has 0 spiro atoms. The molecule has 2 atom stereocenters. The number of benzene rings is 2. The van der Waals surface area contributed by atoms with Crippen LogP contribution < -0.4 is 11.5 Å². The molecule has 0 heterocycles. The summed E-state index contributed by atoms with van der Waals surface area (Å²) in [5.41, 5.74) is 12.5. The summed E-state index contributed by atoms with van der Waals surface area (Å²) < 4.78 is 10.8. The van der Waals surface area contributed by atoms with E-state index in [1.807, 2.05) is 48.5 Å². The second kappa shape index (κ2) is 9.33. The van der Waals surface area contributed by atoms with Crippen LogP contribution in [0, 0.1) is 5.92 Å². The second-order valence-corrected chi connectivity index (χ2v) is 9.27. The zero-order chi connectivity index (χ0) is 24.4.